The van der Waals surface area contributed by atoms with Crippen molar-refractivity contribution in [2.24, 2.45) is 5.73 Å². The molecule has 1 aliphatic rings. The highest BCUT2D eigenvalue weighted by Crippen LogP contribution is 2.22. The van der Waals surface area contributed by atoms with Crippen LogP contribution in [0.25, 0.3) is 11.0 Å². The average molecular weight is 373 g/mol. The molecule has 7 N–H and O–H groups in total. The molecule has 0 fully saturated rings. The number of halogens is 2. The number of fused-ring (bicyclic) bond motifs is 2. The summed E-state index contributed by atoms with van der Waals surface area (Å²) in [6.07, 6.45) is 5.08. The number of anilines is 2. The van der Waals surface area contributed by atoms with Gasteiger partial charge in [0.05, 0.1) is 5.39 Å². The van der Waals surface area contributed by atoms with Crippen molar-refractivity contribution in [2.45, 2.75) is 19.3 Å². The van der Waals surface area contributed by atoms with Crippen LogP contribution in [-0.2, 0) is 12.8 Å². The predicted molar refractivity (Wildman–Crippen MR) is 102 cm³/mol. The van der Waals surface area contributed by atoms with Gasteiger partial charge in [-0.1, -0.05) is 6.07 Å². The Labute approximate surface area is 154 Å². The van der Waals surface area contributed by atoms with E-state index >= 15 is 0 Å². The summed E-state index contributed by atoms with van der Waals surface area (Å²) in [5.41, 5.74) is 14.2. The minimum atomic E-state index is -0.696. The molecule has 9 heteroatoms. The largest absolute Gasteiger partial charge is 0.383 e. The van der Waals surface area contributed by atoms with Gasteiger partial charge in [0.15, 0.2) is 5.82 Å². The van der Waals surface area contributed by atoms with Crippen molar-refractivity contribution in [1.82, 2.24) is 20.3 Å². The van der Waals surface area contributed by atoms with Crippen LogP contribution in [0, 0.1) is 5.82 Å². The van der Waals surface area contributed by atoms with E-state index in [1.165, 1.54) is 24.6 Å². The Balaban J connectivity index is 0.000000177. The van der Waals surface area contributed by atoms with Crippen LogP contribution in [0.2, 0.25) is 0 Å². The highest BCUT2D eigenvalue weighted by atomic mass is 19.1. The first kappa shape index (κ1) is 18.4. The van der Waals surface area contributed by atoms with E-state index in [9.17, 15) is 8.78 Å². The van der Waals surface area contributed by atoms with Gasteiger partial charge in [-0.25, -0.2) is 4.39 Å². The van der Waals surface area contributed by atoms with E-state index in [4.69, 9.17) is 11.5 Å². The van der Waals surface area contributed by atoms with Crippen LogP contribution < -0.4 is 22.1 Å². The molecule has 2 aromatic heterocycles. The maximum absolute atomic E-state index is 13.1. The van der Waals surface area contributed by atoms with Crippen LogP contribution in [-0.4, -0.2) is 22.0 Å². The lowest BCUT2D eigenvalue weighted by Gasteiger charge is -2.07. The standard InChI is InChI=1S/C9H12FN7.C9H9F/c1-13-5(10)7(12)16-9-15-6(11)4-2-3-14-8(4)17-9;10-9-5-4-7-2-1-3-8(7)6-9/h2-3,13H,12H2,1H3,(H4,11,14,15,16,17);4-6H,1-3H2/b7-5+;. The molecule has 0 atom stereocenters. The van der Waals surface area contributed by atoms with E-state index < -0.39 is 5.95 Å². The SMILES string of the molecule is CN/C(F)=C(\N)Nc1nc(N)c2cc[nH]c2n1.Fc1ccc2c(c1)CCC2. The molecule has 0 unspecified atom stereocenters. The van der Waals surface area contributed by atoms with Gasteiger partial charge in [0.1, 0.15) is 17.3 Å². The Morgan fingerprint density at radius 1 is 1.19 bits per heavy atom. The molecule has 0 saturated carbocycles. The molecular formula is C18H21F2N7. The van der Waals surface area contributed by atoms with Gasteiger partial charge in [-0.05, 0) is 48.6 Å². The molecule has 0 bridgehead atoms. The van der Waals surface area contributed by atoms with E-state index in [0.29, 0.717) is 11.0 Å². The van der Waals surface area contributed by atoms with E-state index in [1.54, 1.807) is 24.4 Å². The van der Waals surface area contributed by atoms with E-state index in [1.807, 2.05) is 6.07 Å². The predicted octanol–water partition coefficient (Wildman–Crippen LogP) is 2.54. The second kappa shape index (κ2) is 7.90. The van der Waals surface area contributed by atoms with Crippen LogP contribution in [0.5, 0.6) is 0 Å². The number of nitrogens with zero attached hydrogens (tertiary/aromatic N) is 2. The molecular weight excluding hydrogens is 352 g/mol. The molecule has 142 valence electrons. The Kier molecular flexibility index (Phi) is 5.39. The van der Waals surface area contributed by atoms with Crippen molar-refractivity contribution in [3.63, 3.8) is 0 Å². The van der Waals surface area contributed by atoms with E-state index in [-0.39, 0.29) is 23.4 Å². The van der Waals surface area contributed by atoms with Gasteiger partial charge in [-0.3, -0.25) is 0 Å². The summed E-state index contributed by atoms with van der Waals surface area (Å²) in [4.78, 5) is 10.9. The summed E-state index contributed by atoms with van der Waals surface area (Å²) < 4.78 is 25.6. The summed E-state index contributed by atoms with van der Waals surface area (Å²) in [5.74, 6) is -0.589. The molecule has 27 heavy (non-hydrogen) atoms. The van der Waals surface area contributed by atoms with Gasteiger partial charge in [-0.15, -0.1) is 0 Å². The summed E-state index contributed by atoms with van der Waals surface area (Å²) >= 11 is 0. The molecule has 1 aromatic carbocycles. The molecule has 0 saturated heterocycles. The number of aromatic amines is 1. The topological polar surface area (TPSA) is 118 Å². The average Bonchev–Trinajstić information content (AvgIpc) is 3.30. The monoisotopic (exact) mass is 373 g/mol. The highest BCUT2D eigenvalue weighted by Gasteiger charge is 2.10. The zero-order valence-corrected chi connectivity index (χ0v) is 14.8. The van der Waals surface area contributed by atoms with Gasteiger partial charge in [0.25, 0.3) is 0 Å². The summed E-state index contributed by atoms with van der Waals surface area (Å²) in [6.45, 7) is 0. The summed E-state index contributed by atoms with van der Waals surface area (Å²) in [5, 5.41) is 5.48. The first-order valence-corrected chi connectivity index (χ1v) is 8.46. The van der Waals surface area contributed by atoms with Crippen molar-refractivity contribution in [2.75, 3.05) is 18.1 Å². The van der Waals surface area contributed by atoms with Crippen molar-refractivity contribution in [3.8, 4) is 0 Å². The number of benzene rings is 1. The number of nitrogens with two attached hydrogens (primary N) is 2. The number of hydrogen-bond donors (Lipinski definition) is 5. The number of nitrogen functional groups attached to an aromatic ring is 1. The first-order chi connectivity index (χ1) is 13.0. The second-order valence-corrected chi connectivity index (χ2v) is 6.04. The zero-order chi connectivity index (χ0) is 19.4. The molecule has 0 radical (unpaired) electrons. The third kappa shape index (κ3) is 4.25. The number of aryl methyl sites for hydroxylation is 2. The van der Waals surface area contributed by atoms with E-state index in [2.05, 4.69) is 25.6 Å². The molecule has 1 aliphatic carbocycles. The number of aromatic nitrogens is 3. The van der Waals surface area contributed by atoms with Crippen LogP contribution >= 0.6 is 0 Å². The van der Waals surface area contributed by atoms with Crippen molar-refractivity contribution < 1.29 is 8.78 Å². The fourth-order valence-corrected chi connectivity index (χ4v) is 2.87. The third-order valence-electron chi connectivity index (χ3n) is 4.21. The fourth-order valence-electron chi connectivity index (χ4n) is 2.87. The lowest BCUT2D eigenvalue weighted by atomic mass is 10.1. The second-order valence-electron chi connectivity index (χ2n) is 6.04. The third-order valence-corrected chi connectivity index (χ3v) is 4.21. The van der Waals surface area contributed by atoms with Crippen LogP contribution in [0.3, 0.4) is 0 Å². The summed E-state index contributed by atoms with van der Waals surface area (Å²) in [7, 11) is 1.41. The van der Waals surface area contributed by atoms with Crippen LogP contribution in [0.4, 0.5) is 20.5 Å². The minimum absolute atomic E-state index is 0.0966. The molecule has 0 aliphatic heterocycles. The maximum atomic E-state index is 13.1. The van der Waals surface area contributed by atoms with Gasteiger partial charge in [0, 0.05) is 13.2 Å². The van der Waals surface area contributed by atoms with Gasteiger partial charge >= 0.3 is 0 Å². The van der Waals surface area contributed by atoms with Crippen molar-refractivity contribution >= 4 is 22.8 Å². The minimum Gasteiger partial charge on any atom is -0.383 e. The fraction of sp³-hybridized carbons (Fsp3) is 0.222. The molecule has 0 spiro atoms. The lowest BCUT2D eigenvalue weighted by molar-refractivity contribution is 0.560. The number of nitrogens with one attached hydrogen (secondary N) is 3. The van der Waals surface area contributed by atoms with Gasteiger partial charge in [0.2, 0.25) is 11.9 Å². The van der Waals surface area contributed by atoms with Crippen molar-refractivity contribution in [3.05, 3.63) is 59.2 Å². The Morgan fingerprint density at radius 2 is 1.96 bits per heavy atom. The lowest BCUT2D eigenvalue weighted by Crippen LogP contribution is -2.18. The number of hydrogen-bond acceptors (Lipinski definition) is 6. The highest BCUT2D eigenvalue weighted by molar-refractivity contribution is 5.86. The smallest absolute Gasteiger partial charge is 0.232 e. The Bertz CT molecular complexity index is 981. The van der Waals surface area contributed by atoms with Gasteiger partial charge < -0.3 is 27.1 Å². The quantitative estimate of drug-likeness (QED) is 0.450. The first-order valence-electron chi connectivity index (χ1n) is 8.46. The Morgan fingerprint density at radius 3 is 2.74 bits per heavy atom. The normalized spacial score (nSPS) is 13.4. The molecule has 2 heterocycles. The Hall–Kier alpha value is -3.36. The van der Waals surface area contributed by atoms with Gasteiger partial charge in [-0.2, -0.15) is 14.4 Å². The molecule has 3 aromatic rings. The summed E-state index contributed by atoms with van der Waals surface area (Å²) in [6, 6.07) is 6.85. The van der Waals surface area contributed by atoms with Crippen molar-refractivity contribution in [1.29, 1.82) is 0 Å². The number of H-pyrrole nitrogens is 1. The molecule has 7 nitrogen and oxygen atoms in total. The maximum Gasteiger partial charge on any atom is 0.232 e. The molecule has 0 amide bonds. The van der Waals surface area contributed by atoms with Crippen LogP contribution in [0.1, 0.15) is 17.5 Å². The molecule has 4 rings (SSSR count). The van der Waals surface area contributed by atoms with E-state index in [0.717, 1.165) is 12.8 Å². The zero-order valence-electron chi connectivity index (χ0n) is 14.8. The number of rotatable bonds is 3. The van der Waals surface area contributed by atoms with Crippen LogP contribution in [0.15, 0.2) is 42.2 Å².